The zero-order valence-corrected chi connectivity index (χ0v) is 32.3. The van der Waals surface area contributed by atoms with Crippen LogP contribution in [0.4, 0.5) is 21.5 Å². The minimum absolute atomic E-state index is 0.0639. The van der Waals surface area contributed by atoms with Crippen molar-refractivity contribution < 1.29 is 22.5 Å². The number of aromatic nitrogens is 1. The van der Waals surface area contributed by atoms with Crippen LogP contribution in [0.3, 0.4) is 0 Å². The van der Waals surface area contributed by atoms with Crippen molar-refractivity contribution in [2.24, 2.45) is 12.8 Å². The standard InChI is InChI=1S/C41H40FN7O5S2/c1-27-38(41(43)50)39(40(46(27)2)28-11-13-30(42)14-12-28)29-7-6-8-33(25-29)48-23-21-47(22-24-48)32-17-15-31(16-18-32)45-56(53,54)35-19-20-36(37(26-35)49(51)52)44-55-34-9-4-3-5-10-34/h3-17,19-20,25-26,32,44-45H,18,21-24H2,1-2H3,(H2,43,50). The second-order valence-corrected chi connectivity index (χ2v) is 16.1. The molecule has 1 aliphatic carbocycles. The average Bonchev–Trinajstić information content (AvgIpc) is 3.47. The fraction of sp³-hybridized carbons (Fsp3) is 0.195. The lowest BCUT2D eigenvalue weighted by molar-refractivity contribution is -0.384. The highest BCUT2D eigenvalue weighted by atomic mass is 32.2. The topological polar surface area (TPSA) is 156 Å². The van der Waals surface area contributed by atoms with Crippen LogP contribution in [-0.4, -0.2) is 60.9 Å². The third kappa shape index (κ3) is 8.05. The first-order valence-electron chi connectivity index (χ1n) is 17.9. The normalized spacial score (nSPS) is 16.0. The Labute approximate surface area is 328 Å². The van der Waals surface area contributed by atoms with Crippen LogP contribution in [0, 0.1) is 22.9 Å². The van der Waals surface area contributed by atoms with Crippen LogP contribution in [0.2, 0.25) is 0 Å². The number of nitrogens with one attached hydrogen (secondary N) is 2. The monoisotopic (exact) mass is 793 g/mol. The Bertz CT molecular complexity index is 2460. The Kier molecular flexibility index (Phi) is 11.0. The molecule has 288 valence electrons. The van der Waals surface area contributed by atoms with Gasteiger partial charge in [0, 0.05) is 72.9 Å². The summed E-state index contributed by atoms with van der Waals surface area (Å²) in [6, 6.07) is 27.4. The van der Waals surface area contributed by atoms with Gasteiger partial charge in [-0.2, -0.15) is 0 Å². The summed E-state index contributed by atoms with van der Waals surface area (Å²) in [5.41, 5.74) is 11.4. The van der Waals surface area contributed by atoms with Crippen molar-refractivity contribution in [2.45, 2.75) is 29.2 Å². The van der Waals surface area contributed by atoms with Gasteiger partial charge in [0.2, 0.25) is 0 Å². The van der Waals surface area contributed by atoms with Gasteiger partial charge >= 0.3 is 0 Å². The Morgan fingerprint density at radius 3 is 2.34 bits per heavy atom. The number of sulfonamides is 1. The summed E-state index contributed by atoms with van der Waals surface area (Å²) in [6.45, 7) is 4.86. The van der Waals surface area contributed by atoms with E-state index < -0.39 is 20.9 Å². The predicted molar refractivity (Wildman–Crippen MR) is 218 cm³/mol. The minimum Gasteiger partial charge on any atom is -0.369 e. The van der Waals surface area contributed by atoms with E-state index in [-0.39, 0.29) is 28.1 Å². The molecule has 4 N–H and O–H groups in total. The fourth-order valence-electron chi connectivity index (χ4n) is 7.19. The minimum atomic E-state index is -4.10. The lowest BCUT2D eigenvalue weighted by atomic mass is 9.96. The first kappa shape index (κ1) is 38.4. The second-order valence-electron chi connectivity index (χ2n) is 13.6. The summed E-state index contributed by atoms with van der Waals surface area (Å²) >= 11 is 1.19. The Morgan fingerprint density at radius 2 is 1.68 bits per heavy atom. The number of anilines is 2. The number of amides is 1. The number of benzene rings is 4. The van der Waals surface area contributed by atoms with Gasteiger partial charge in [-0.15, -0.1) is 0 Å². The number of hydrogen-bond donors (Lipinski definition) is 3. The quantitative estimate of drug-likeness (QED) is 0.0673. The fourth-order valence-corrected chi connectivity index (χ4v) is 8.98. The zero-order valence-electron chi connectivity index (χ0n) is 30.7. The van der Waals surface area contributed by atoms with E-state index in [1.165, 1.54) is 36.2 Å². The van der Waals surface area contributed by atoms with Gasteiger partial charge in [-0.05, 0) is 103 Å². The molecule has 7 rings (SSSR count). The smallest absolute Gasteiger partial charge is 0.294 e. The highest BCUT2D eigenvalue weighted by Crippen LogP contribution is 2.40. The Hall–Kier alpha value is -5.90. The molecule has 2 heterocycles. The molecule has 0 radical (unpaired) electrons. The maximum absolute atomic E-state index is 13.8. The van der Waals surface area contributed by atoms with Crippen LogP contribution in [0.25, 0.3) is 22.4 Å². The van der Waals surface area contributed by atoms with Crippen LogP contribution in [0.15, 0.2) is 131 Å². The summed E-state index contributed by atoms with van der Waals surface area (Å²) < 4.78 is 47.9. The lowest BCUT2D eigenvalue weighted by Gasteiger charge is -2.40. The molecule has 0 saturated carbocycles. The number of carbonyl (C=O) groups excluding carboxylic acids is 1. The molecule has 4 aromatic carbocycles. The molecule has 1 atom stereocenters. The first-order chi connectivity index (χ1) is 26.9. The number of piperazine rings is 1. The van der Waals surface area contributed by atoms with Crippen LogP contribution < -0.4 is 20.1 Å². The number of carbonyl (C=O) groups is 1. The first-order valence-corrected chi connectivity index (χ1v) is 20.2. The van der Waals surface area contributed by atoms with Crippen molar-refractivity contribution in [1.82, 2.24) is 14.2 Å². The molecule has 1 fully saturated rings. The van der Waals surface area contributed by atoms with Crippen LogP contribution in [0.1, 0.15) is 22.5 Å². The van der Waals surface area contributed by atoms with E-state index in [0.717, 1.165) is 65.3 Å². The Balaban J connectivity index is 0.995. The van der Waals surface area contributed by atoms with Crippen molar-refractivity contribution >= 4 is 44.9 Å². The number of nitro groups is 1. The number of halogens is 1. The molecule has 1 aliphatic heterocycles. The van der Waals surface area contributed by atoms with Gasteiger partial charge in [0.1, 0.15) is 11.5 Å². The van der Waals surface area contributed by atoms with Crippen LogP contribution in [-0.2, 0) is 17.1 Å². The molecular formula is C41H40FN7O5S2. The van der Waals surface area contributed by atoms with Gasteiger partial charge in [-0.3, -0.25) is 24.5 Å². The SMILES string of the molecule is Cc1c(C(N)=O)c(-c2cccc(N3CCN(C4C=CC(NS(=O)(=O)c5ccc(NSc6ccccc6)c([N+](=O)[O-])c5)=CC4)CC3)c2)c(-c2ccc(F)cc2)n1C. The van der Waals surface area contributed by atoms with Crippen molar-refractivity contribution in [3.05, 3.63) is 148 Å². The van der Waals surface area contributed by atoms with Crippen LogP contribution >= 0.6 is 11.9 Å². The van der Waals surface area contributed by atoms with E-state index in [0.29, 0.717) is 23.2 Å². The molecule has 1 unspecified atom stereocenters. The van der Waals surface area contributed by atoms with E-state index >= 15 is 0 Å². The van der Waals surface area contributed by atoms with Gasteiger partial charge < -0.3 is 19.9 Å². The van der Waals surface area contributed by atoms with Gasteiger partial charge in [-0.25, -0.2) is 12.8 Å². The number of allylic oxidation sites excluding steroid dienone is 1. The van der Waals surface area contributed by atoms with Gasteiger partial charge in [-0.1, -0.05) is 42.5 Å². The lowest BCUT2D eigenvalue weighted by Crippen LogP contribution is -2.50. The number of primary amides is 1. The summed E-state index contributed by atoms with van der Waals surface area (Å²) in [4.78, 5) is 29.3. The number of nitro benzene ring substituents is 1. The van der Waals surface area contributed by atoms with Crippen molar-refractivity contribution in [2.75, 3.05) is 35.8 Å². The molecule has 1 amide bonds. The maximum Gasteiger partial charge on any atom is 0.294 e. The molecule has 2 aliphatic rings. The van der Waals surface area contributed by atoms with Crippen molar-refractivity contribution in [3.8, 4) is 22.4 Å². The highest BCUT2D eigenvalue weighted by Gasteiger charge is 2.28. The summed E-state index contributed by atoms with van der Waals surface area (Å²) in [6.07, 6.45) is 6.12. The molecule has 56 heavy (non-hydrogen) atoms. The molecule has 12 nitrogen and oxygen atoms in total. The molecule has 1 aromatic heterocycles. The summed E-state index contributed by atoms with van der Waals surface area (Å²) in [7, 11) is -2.23. The van der Waals surface area contributed by atoms with E-state index in [4.69, 9.17) is 5.73 Å². The van der Waals surface area contributed by atoms with Crippen LogP contribution in [0.5, 0.6) is 0 Å². The third-order valence-corrected chi connectivity index (χ3v) is 12.4. The molecule has 15 heteroatoms. The average molecular weight is 794 g/mol. The second kappa shape index (κ2) is 16.1. The third-order valence-electron chi connectivity index (χ3n) is 10.2. The predicted octanol–water partition coefficient (Wildman–Crippen LogP) is 7.25. The van der Waals surface area contributed by atoms with Gasteiger partial charge in [0.25, 0.3) is 21.6 Å². The molecular weight excluding hydrogens is 754 g/mol. The van der Waals surface area contributed by atoms with E-state index in [2.05, 4.69) is 25.3 Å². The van der Waals surface area contributed by atoms with E-state index in [9.17, 15) is 27.7 Å². The largest absolute Gasteiger partial charge is 0.369 e. The maximum atomic E-state index is 13.8. The van der Waals surface area contributed by atoms with E-state index in [1.54, 1.807) is 18.2 Å². The van der Waals surface area contributed by atoms with Crippen molar-refractivity contribution in [1.29, 1.82) is 0 Å². The Morgan fingerprint density at radius 1 is 0.946 bits per heavy atom. The molecule has 0 bridgehead atoms. The van der Waals surface area contributed by atoms with Crippen molar-refractivity contribution in [3.63, 3.8) is 0 Å². The highest BCUT2D eigenvalue weighted by molar-refractivity contribution is 8.00. The molecule has 0 spiro atoms. The zero-order chi connectivity index (χ0) is 39.6. The molecule has 5 aromatic rings. The summed E-state index contributed by atoms with van der Waals surface area (Å²) in [5.74, 6) is -0.877. The number of nitrogens with zero attached hydrogens (tertiary/aromatic N) is 4. The number of rotatable bonds is 12. The summed E-state index contributed by atoms with van der Waals surface area (Å²) in [5, 5.41) is 11.9. The molecule has 1 saturated heterocycles. The van der Waals surface area contributed by atoms with E-state index in [1.807, 2.05) is 79.2 Å². The number of hydrogen-bond acceptors (Lipinski definition) is 9. The van der Waals surface area contributed by atoms with Gasteiger partial charge in [0.15, 0.2) is 0 Å². The van der Waals surface area contributed by atoms with Gasteiger partial charge in [0.05, 0.1) is 21.1 Å². The number of nitrogens with two attached hydrogens (primary N) is 1.